The second kappa shape index (κ2) is 7.98. The second-order valence-corrected chi connectivity index (χ2v) is 11.4. The fraction of sp³-hybridized carbons (Fsp3) is 0.522. The molecule has 0 saturated heterocycles. The Hall–Kier alpha value is -2.32. The number of nitrogens with one attached hydrogen (secondary N) is 3. The molecule has 7 nitrogen and oxygen atoms in total. The standard InChI is InChI=1S/C23H29N3O4S/c27-22(24-15-23-11-16-7-17(12-23)9-18(8-16)13-23)26-19-3-1-5-21(10-19)31(28,29)25-14-20-4-2-6-30-20/h1-6,10,16-18,25H,7-9,11-15H2,(H2,24,26,27). The van der Waals surface area contributed by atoms with Crippen molar-refractivity contribution in [3.63, 3.8) is 0 Å². The zero-order valence-corrected chi connectivity index (χ0v) is 18.3. The number of carbonyl (C=O) groups excluding carboxylic acids is 1. The maximum absolute atomic E-state index is 12.6. The summed E-state index contributed by atoms with van der Waals surface area (Å²) >= 11 is 0. The van der Waals surface area contributed by atoms with Crippen molar-refractivity contribution in [1.82, 2.24) is 10.0 Å². The van der Waals surface area contributed by atoms with Gasteiger partial charge < -0.3 is 15.1 Å². The fourth-order valence-corrected chi connectivity index (χ4v) is 7.39. The number of anilines is 1. The van der Waals surface area contributed by atoms with Crippen LogP contribution in [0, 0.1) is 23.2 Å². The van der Waals surface area contributed by atoms with Gasteiger partial charge >= 0.3 is 6.03 Å². The number of urea groups is 1. The van der Waals surface area contributed by atoms with E-state index in [1.165, 1.54) is 56.9 Å². The smallest absolute Gasteiger partial charge is 0.319 e. The Balaban J connectivity index is 1.18. The van der Waals surface area contributed by atoms with Gasteiger partial charge in [0.2, 0.25) is 10.0 Å². The highest BCUT2D eigenvalue weighted by Crippen LogP contribution is 2.59. The molecule has 3 N–H and O–H groups in total. The molecule has 0 atom stereocenters. The minimum atomic E-state index is -3.72. The molecule has 31 heavy (non-hydrogen) atoms. The molecule has 2 aromatic rings. The molecule has 6 rings (SSSR count). The molecule has 1 aromatic carbocycles. The predicted molar refractivity (Wildman–Crippen MR) is 117 cm³/mol. The maximum Gasteiger partial charge on any atom is 0.319 e. The van der Waals surface area contributed by atoms with Gasteiger partial charge in [-0.3, -0.25) is 0 Å². The van der Waals surface area contributed by atoms with Crippen LogP contribution in [0.2, 0.25) is 0 Å². The first-order chi connectivity index (χ1) is 14.9. The van der Waals surface area contributed by atoms with Gasteiger partial charge in [-0.25, -0.2) is 17.9 Å². The highest BCUT2D eigenvalue weighted by Gasteiger charge is 2.50. The first-order valence-electron chi connectivity index (χ1n) is 11.1. The van der Waals surface area contributed by atoms with Crippen molar-refractivity contribution in [2.24, 2.45) is 23.2 Å². The van der Waals surface area contributed by atoms with Crippen molar-refractivity contribution in [3.05, 3.63) is 48.4 Å². The fourth-order valence-electron chi connectivity index (χ4n) is 6.35. The largest absolute Gasteiger partial charge is 0.468 e. The number of furan rings is 1. The summed E-state index contributed by atoms with van der Waals surface area (Å²) in [6.07, 6.45) is 9.31. The molecule has 4 aliphatic carbocycles. The molecule has 0 radical (unpaired) electrons. The van der Waals surface area contributed by atoms with Gasteiger partial charge in [-0.05, 0) is 92.0 Å². The number of rotatable bonds is 7. The Morgan fingerprint density at radius 2 is 1.74 bits per heavy atom. The summed E-state index contributed by atoms with van der Waals surface area (Å²) in [5, 5.41) is 5.86. The molecule has 4 fully saturated rings. The van der Waals surface area contributed by atoms with Crippen molar-refractivity contribution in [3.8, 4) is 0 Å². The van der Waals surface area contributed by atoms with Crippen LogP contribution >= 0.6 is 0 Å². The molecule has 0 aliphatic heterocycles. The molecule has 4 aliphatic rings. The Kier molecular flexibility index (Phi) is 5.30. The molecule has 166 valence electrons. The summed E-state index contributed by atoms with van der Waals surface area (Å²) in [5.41, 5.74) is 0.705. The number of sulfonamides is 1. The third-order valence-corrected chi connectivity index (χ3v) is 8.61. The summed E-state index contributed by atoms with van der Waals surface area (Å²) in [7, 11) is -3.72. The van der Waals surface area contributed by atoms with Crippen molar-refractivity contribution >= 4 is 21.7 Å². The van der Waals surface area contributed by atoms with E-state index in [1.807, 2.05) is 0 Å². The van der Waals surface area contributed by atoms with E-state index in [4.69, 9.17) is 4.42 Å². The average Bonchev–Trinajstić information content (AvgIpc) is 3.24. The highest BCUT2D eigenvalue weighted by atomic mass is 32.2. The summed E-state index contributed by atoms with van der Waals surface area (Å²) in [6, 6.07) is 9.41. The molecule has 0 unspecified atom stereocenters. The van der Waals surface area contributed by atoms with Gasteiger partial charge in [0.25, 0.3) is 0 Å². The van der Waals surface area contributed by atoms with Crippen molar-refractivity contribution in [1.29, 1.82) is 0 Å². The second-order valence-electron chi connectivity index (χ2n) is 9.66. The van der Waals surface area contributed by atoms with Crippen LogP contribution in [-0.4, -0.2) is 21.0 Å². The number of amides is 2. The van der Waals surface area contributed by atoms with Gasteiger partial charge in [-0.2, -0.15) is 0 Å². The number of hydrogen-bond acceptors (Lipinski definition) is 4. The Morgan fingerprint density at radius 1 is 1.03 bits per heavy atom. The van der Waals surface area contributed by atoms with Gasteiger partial charge in [0.15, 0.2) is 0 Å². The maximum atomic E-state index is 12.6. The first kappa shape index (κ1) is 20.6. The third-order valence-electron chi connectivity index (χ3n) is 7.21. The zero-order chi connectivity index (χ0) is 21.5. The van der Waals surface area contributed by atoms with E-state index in [2.05, 4.69) is 15.4 Å². The van der Waals surface area contributed by atoms with E-state index >= 15 is 0 Å². The van der Waals surface area contributed by atoms with Gasteiger partial charge in [0, 0.05) is 12.2 Å². The number of hydrogen-bond donors (Lipinski definition) is 3. The van der Waals surface area contributed by atoms with Crippen LogP contribution in [0.5, 0.6) is 0 Å². The normalized spacial score (nSPS) is 29.1. The van der Waals surface area contributed by atoms with Crippen molar-refractivity contribution < 1.29 is 17.6 Å². The lowest BCUT2D eigenvalue weighted by Crippen LogP contribution is -2.51. The summed E-state index contributed by atoms with van der Waals surface area (Å²) in [5.74, 6) is 3.05. The molecule has 0 spiro atoms. The molecule has 4 saturated carbocycles. The summed E-state index contributed by atoms with van der Waals surface area (Å²) < 4.78 is 32.8. The number of benzene rings is 1. The van der Waals surface area contributed by atoms with Gasteiger partial charge in [-0.1, -0.05) is 6.07 Å². The van der Waals surface area contributed by atoms with Crippen molar-refractivity contribution in [2.75, 3.05) is 11.9 Å². The molecule has 8 heteroatoms. The van der Waals surface area contributed by atoms with Crippen LogP contribution in [0.15, 0.2) is 52.0 Å². The lowest BCUT2D eigenvalue weighted by molar-refractivity contribution is -0.0496. The van der Waals surface area contributed by atoms with Crippen LogP contribution in [0.1, 0.15) is 44.3 Å². The predicted octanol–water partition coefficient (Wildman–Crippen LogP) is 4.10. The third kappa shape index (κ3) is 4.50. The molecular weight excluding hydrogens is 414 g/mol. The van der Waals surface area contributed by atoms with E-state index < -0.39 is 10.0 Å². The first-order valence-corrected chi connectivity index (χ1v) is 12.5. The van der Waals surface area contributed by atoms with E-state index in [0.29, 0.717) is 18.0 Å². The van der Waals surface area contributed by atoms with E-state index in [1.54, 1.807) is 24.3 Å². The molecule has 1 aromatic heterocycles. The van der Waals surface area contributed by atoms with E-state index in [0.717, 1.165) is 17.8 Å². The van der Waals surface area contributed by atoms with E-state index in [-0.39, 0.29) is 22.9 Å². The highest BCUT2D eigenvalue weighted by molar-refractivity contribution is 7.89. The Bertz CT molecular complexity index is 1010. The SMILES string of the molecule is O=C(NCC12CC3CC(CC(C3)C1)C2)Nc1cccc(S(=O)(=O)NCc2ccco2)c1. The Morgan fingerprint density at radius 3 is 2.39 bits per heavy atom. The topological polar surface area (TPSA) is 100 Å². The molecule has 1 heterocycles. The van der Waals surface area contributed by atoms with Crippen LogP contribution < -0.4 is 15.4 Å². The minimum absolute atomic E-state index is 0.0680. The average molecular weight is 444 g/mol. The quantitative estimate of drug-likeness (QED) is 0.600. The number of carbonyl (C=O) groups is 1. The molecular formula is C23H29N3O4S. The van der Waals surface area contributed by atoms with Gasteiger partial charge in [0.05, 0.1) is 17.7 Å². The van der Waals surface area contributed by atoms with Crippen LogP contribution in [0.25, 0.3) is 0 Å². The minimum Gasteiger partial charge on any atom is -0.468 e. The zero-order valence-electron chi connectivity index (χ0n) is 17.5. The Labute approximate surface area is 183 Å². The van der Waals surface area contributed by atoms with Gasteiger partial charge in [-0.15, -0.1) is 0 Å². The lowest BCUT2D eigenvalue weighted by atomic mass is 9.49. The van der Waals surface area contributed by atoms with Crippen LogP contribution in [0.4, 0.5) is 10.5 Å². The van der Waals surface area contributed by atoms with E-state index in [9.17, 15) is 13.2 Å². The van der Waals surface area contributed by atoms with Crippen LogP contribution in [0.3, 0.4) is 0 Å². The molecule has 4 bridgehead atoms. The molecule has 2 amide bonds. The summed E-state index contributed by atoms with van der Waals surface area (Å²) in [4.78, 5) is 12.6. The van der Waals surface area contributed by atoms with Crippen molar-refractivity contribution in [2.45, 2.75) is 50.0 Å². The lowest BCUT2D eigenvalue weighted by Gasteiger charge is -2.56. The summed E-state index contributed by atoms with van der Waals surface area (Å²) in [6.45, 7) is 0.767. The van der Waals surface area contributed by atoms with Gasteiger partial charge in [0.1, 0.15) is 5.76 Å². The van der Waals surface area contributed by atoms with Crippen LogP contribution in [-0.2, 0) is 16.6 Å². The monoisotopic (exact) mass is 443 g/mol.